The molecule has 8 heteroatoms. The molecule has 2 aromatic rings. The molecular weight excluding hydrogens is 386 g/mol. The lowest BCUT2D eigenvalue weighted by molar-refractivity contribution is -0.148. The molecule has 1 aliphatic heterocycles. The number of aromatic nitrogens is 1. The Hall–Kier alpha value is -3.42. The third kappa shape index (κ3) is 4.94. The van der Waals surface area contributed by atoms with Gasteiger partial charge in [-0.25, -0.2) is 9.78 Å². The van der Waals surface area contributed by atoms with E-state index in [1.54, 1.807) is 24.0 Å². The maximum Gasteiger partial charge on any atom is 0.339 e. The molecule has 0 spiro atoms. The van der Waals surface area contributed by atoms with Crippen LogP contribution in [0.2, 0.25) is 0 Å². The summed E-state index contributed by atoms with van der Waals surface area (Å²) in [6.45, 7) is 4.94. The third-order valence-corrected chi connectivity index (χ3v) is 5.01. The fraction of sp³-hybridized carbons (Fsp3) is 0.364. The summed E-state index contributed by atoms with van der Waals surface area (Å²) in [6.07, 6.45) is 2.86. The van der Waals surface area contributed by atoms with E-state index in [0.717, 1.165) is 12.0 Å². The highest BCUT2D eigenvalue weighted by molar-refractivity contribution is 6.05. The number of ether oxygens (including phenoxy) is 1. The van der Waals surface area contributed by atoms with Gasteiger partial charge in [-0.15, -0.1) is 0 Å². The number of pyridine rings is 1. The van der Waals surface area contributed by atoms with Gasteiger partial charge in [-0.3, -0.25) is 9.59 Å². The monoisotopic (exact) mass is 411 g/mol. The van der Waals surface area contributed by atoms with Crippen LogP contribution in [-0.4, -0.2) is 47.6 Å². The zero-order valence-electron chi connectivity index (χ0n) is 17.1. The minimum atomic E-state index is -1.15. The van der Waals surface area contributed by atoms with Crippen LogP contribution < -0.4 is 10.2 Å². The van der Waals surface area contributed by atoms with E-state index in [1.807, 2.05) is 19.1 Å². The number of hydrogen-bond acceptors (Lipinski definition) is 6. The van der Waals surface area contributed by atoms with E-state index >= 15 is 0 Å². The van der Waals surface area contributed by atoms with Gasteiger partial charge in [0.15, 0.2) is 0 Å². The third-order valence-electron chi connectivity index (χ3n) is 5.01. The topological polar surface area (TPSA) is 109 Å². The van der Waals surface area contributed by atoms with Crippen LogP contribution in [0.1, 0.15) is 46.0 Å². The van der Waals surface area contributed by atoms with Gasteiger partial charge in [-0.05, 0) is 44.9 Å². The van der Waals surface area contributed by atoms with Crippen molar-refractivity contribution in [1.82, 2.24) is 4.98 Å². The maximum atomic E-state index is 12.4. The number of nitrogens with zero attached hydrogens (tertiary/aromatic N) is 2. The Morgan fingerprint density at radius 3 is 2.67 bits per heavy atom. The molecule has 0 bridgehead atoms. The molecule has 1 unspecified atom stereocenters. The van der Waals surface area contributed by atoms with Crippen molar-refractivity contribution in [3.63, 3.8) is 0 Å². The van der Waals surface area contributed by atoms with E-state index in [1.165, 1.54) is 12.3 Å². The minimum absolute atomic E-state index is 0.0267. The molecular formula is C22H25N3O5. The number of aryl methyl sites for hydroxylation is 1. The van der Waals surface area contributed by atoms with Gasteiger partial charge in [-0.1, -0.05) is 17.7 Å². The average Bonchev–Trinajstić information content (AvgIpc) is 2.74. The molecule has 1 aromatic carbocycles. The lowest BCUT2D eigenvalue weighted by atomic mass is 9.98. The number of carbonyl (C=O) groups excluding carboxylic acids is 2. The zero-order valence-corrected chi connectivity index (χ0v) is 17.1. The second-order valence-electron chi connectivity index (χ2n) is 7.26. The molecule has 2 heterocycles. The van der Waals surface area contributed by atoms with Crippen LogP contribution in [0.4, 0.5) is 11.5 Å². The van der Waals surface area contributed by atoms with Crippen molar-refractivity contribution in [3.8, 4) is 0 Å². The first kappa shape index (κ1) is 21.3. The number of aromatic carboxylic acids is 1. The van der Waals surface area contributed by atoms with Crippen molar-refractivity contribution < 1.29 is 24.2 Å². The molecule has 158 valence electrons. The SMILES string of the molecule is CCOC(=O)C1CCCN(c2ncc(NC(=O)c3ccc(C)cc3)cc2C(=O)O)C1. The highest BCUT2D eigenvalue weighted by atomic mass is 16.5. The highest BCUT2D eigenvalue weighted by Gasteiger charge is 2.29. The first-order chi connectivity index (χ1) is 14.4. The maximum absolute atomic E-state index is 12.4. The van der Waals surface area contributed by atoms with E-state index in [9.17, 15) is 19.5 Å². The molecule has 0 saturated carbocycles. The van der Waals surface area contributed by atoms with Gasteiger partial charge in [0.25, 0.3) is 5.91 Å². The van der Waals surface area contributed by atoms with Gasteiger partial charge in [0.1, 0.15) is 11.4 Å². The van der Waals surface area contributed by atoms with E-state index in [-0.39, 0.29) is 29.2 Å². The summed E-state index contributed by atoms with van der Waals surface area (Å²) in [4.78, 5) is 42.5. The molecule has 1 atom stereocenters. The van der Waals surface area contributed by atoms with Crippen molar-refractivity contribution in [3.05, 3.63) is 53.2 Å². The number of amides is 1. The first-order valence-corrected chi connectivity index (χ1v) is 9.92. The molecule has 1 aliphatic rings. The van der Waals surface area contributed by atoms with Crippen molar-refractivity contribution in [2.24, 2.45) is 5.92 Å². The molecule has 1 aromatic heterocycles. The van der Waals surface area contributed by atoms with Crippen molar-refractivity contribution >= 4 is 29.4 Å². The Morgan fingerprint density at radius 1 is 1.27 bits per heavy atom. The Bertz CT molecular complexity index is 942. The molecule has 8 nitrogen and oxygen atoms in total. The number of piperidine rings is 1. The smallest absolute Gasteiger partial charge is 0.339 e. The van der Waals surface area contributed by atoms with E-state index in [4.69, 9.17) is 4.74 Å². The zero-order chi connectivity index (χ0) is 21.7. The fourth-order valence-electron chi connectivity index (χ4n) is 3.47. The number of hydrogen-bond donors (Lipinski definition) is 2. The molecule has 1 fully saturated rings. The van der Waals surface area contributed by atoms with E-state index < -0.39 is 5.97 Å². The second kappa shape index (κ2) is 9.39. The van der Waals surface area contributed by atoms with Gasteiger partial charge < -0.3 is 20.1 Å². The minimum Gasteiger partial charge on any atom is -0.478 e. The molecule has 0 aliphatic carbocycles. The van der Waals surface area contributed by atoms with E-state index in [2.05, 4.69) is 10.3 Å². The summed E-state index contributed by atoms with van der Waals surface area (Å²) in [5.41, 5.74) is 1.77. The van der Waals surface area contributed by atoms with Crippen molar-refractivity contribution in [2.75, 3.05) is 29.9 Å². The van der Waals surface area contributed by atoms with Gasteiger partial charge in [0.2, 0.25) is 0 Å². The summed E-state index contributed by atoms with van der Waals surface area (Å²) in [5, 5.41) is 12.4. The Balaban J connectivity index is 1.79. The van der Waals surface area contributed by atoms with Crippen LogP contribution in [0.15, 0.2) is 36.5 Å². The Labute approximate surface area is 174 Å². The van der Waals surface area contributed by atoms with Crippen LogP contribution in [0.3, 0.4) is 0 Å². The number of rotatable bonds is 6. The number of carbonyl (C=O) groups is 3. The van der Waals surface area contributed by atoms with Crippen molar-refractivity contribution in [2.45, 2.75) is 26.7 Å². The van der Waals surface area contributed by atoms with E-state index in [0.29, 0.717) is 37.4 Å². The standard InChI is InChI=1S/C22H25N3O5/c1-3-30-22(29)16-5-4-10-25(13-16)19-18(21(27)28)11-17(12-23-19)24-20(26)15-8-6-14(2)7-9-15/h6-9,11-12,16H,3-5,10,13H2,1-2H3,(H,24,26)(H,27,28). The fourth-order valence-corrected chi connectivity index (χ4v) is 3.47. The van der Waals surface area contributed by atoms with Crippen LogP contribution in [0.25, 0.3) is 0 Å². The molecule has 3 rings (SSSR count). The van der Waals surface area contributed by atoms with Crippen LogP contribution in [-0.2, 0) is 9.53 Å². The van der Waals surface area contributed by atoms with Crippen molar-refractivity contribution in [1.29, 1.82) is 0 Å². The molecule has 1 amide bonds. The van der Waals surface area contributed by atoms with Gasteiger partial charge >= 0.3 is 11.9 Å². The van der Waals surface area contributed by atoms with Gasteiger partial charge in [0, 0.05) is 18.7 Å². The molecule has 2 N–H and O–H groups in total. The lowest BCUT2D eigenvalue weighted by Crippen LogP contribution is -2.40. The number of carboxylic acid groups (broad SMARTS) is 1. The summed E-state index contributed by atoms with van der Waals surface area (Å²) in [5.74, 6) is -1.81. The predicted molar refractivity (Wildman–Crippen MR) is 112 cm³/mol. The highest BCUT2D eigenvalue weighted by Crippen LogP contribution is 2.27. The number of nitrogens with one attached hydrogen (secondary N) is 1. The second-order valence-corrected chi connectivity index (χ2v) is 7.26. The Morgan fingerprint density at radius 2 is 2.00 bits per heavy atom. The summed E-state index contributed by atoms with van der Waals surface area (Å²) in [6, 6.07) is 8.46. The lowest BCUT2D eigenvalue weighted by Gasteiger charge is -2.33. The molecule has 1 saturated heterocycles. The number of anilines is 2. The number of carboxylic acids is 1. The average molecular weight is 411 g/mol. The van der Waals surface area contributed by atoms with Crippen LogP contribution in [0, 0.1) is 12.8 Å². The predicted octanol–water partition coefficient (Wildman–Crippen LogP) is 3.12. The largest absolute Gasteiger partial charge is 0.478 e. The number of benzene rings is 1. The van der Waals surface area contributed by atoms with Crippen LogP contribution >= 0.6 is 0 Å². The summed E-state index contributed by atoms with van der Waals surface area (Å²) < 4.78 is 5.11. The summed E-state index contributed by atoms with van der Waals surface area (Å²) in [7, 11) is 0. The van der Waals surface area contributed by atoms with Crippen LogP contribution in [0.5, 0.6) is 0 Å². The van der Waals surface area contributed by atoms with Gasteiger partial charge in [0.05, 0.1) is 24.4 Å². The molecule has 30 heavy (non-hydrogen) atoms. The van der Waals surface area contributed by atoms with Gasteiger partial charge in [-0.2, -0.15) is 0 Å². The summed E-state index contributed by atoms with van der Waals surface area (Å²) >= 11 is 0. The normalized spacial score (nSPS) is 16.1. The Kier molecular flexibility index (Phi) is 6.66. The quantitative estimate of drug-likeness (QED) is 0.703. The first-order valence-electron chi connectivity index (χ1n) is 9.92. The molecule has 0 radical (unpaired) electrons. The number of esters is 1.